The molecular formula is C14H18O4. The van der Waals surface area contributed by atoms with E-state index in [1.807, 2.05) is 37.3 Å². The van der Waals surface area contributed by atoms with E-state index < -0.39 is 12.1 Å². The van der Waals surface area contributed by atoms with Gasteiger partial charge < -0.3 is 14.6 Å². The second-order valence-electron chi connectivity index (χ2n) is 4.55. The average molecular weight is 250 g/mol. The van der Waals surface area contributed by atoms with Crippen LogP contribution in [-0.4, -0.2) is 29.9 Å². The molecule has 0 aliphatic carbocycles. The lowest BCUT2D eigenvalue weighted by Gasteiger charge is -2.17. The Labute approximate surface area is 107 Å². The number of aliphatic carboxylic acids is 1. The molecule has 1 aliphatic heterocycles. The quantitative estimate of drug-likeness (QED) is 0.871. The standard InChI is InChI=1S/C14H18O4/c1-10(11-5-3-2-4-6-11)17-9-12-7-8-13(18-12)14(15)16/h2-6,10,12-13H,7-9H2,1H3,(H,15,16). The minimum absolute atomic E-state index is 0.00122. The van der Waals surface area contributed by atoms with Crippen molar-refractivity contribution in [2.24, 2.45) is 0 Å². The summed E-state index contributed by atoms with van der Waals surface area (Å²) in [6.45, 7) is 2.43. The Kier molecular flexibility index (Phi) is 4.33. The fourth-order valence-corrected chi connectivity index (χ4v) is 2.08. The molecule has 1 fully saturated rings. The van der Waals surface area contributed by atoms with Crippen LogP contribution in [0.25, 0.3) is 0 Å². The van der Waals surface area contributed by atoms with E-state index in [-0.39, 0.29) is 12.2 Å². The van der Waals surface area contributed by atoms with Gasteiger partial charge in [0.2, 0.25) is 0 Å². The van der Waals surface area contributed by atoms with E-state index in [2.05, 4.69) is 0 Å². The van der Waals surface area contributed by atoms with Crippen LogP contribution in [0.2, 0.25) is 0 Å². The molecule has 1 saturated heterocycles. The molecule has 18 heavy (non-hydrogen) atoms. The van der Waals surface area contributed by atoms with Gasteiger partial charge in [-0.1, -0.05) is 30.3 Å². The lowest BCUT2D eigenvalue weighted by atomic mass is 10.1. The minimum Gasteiger partial charge on any atom is -0.479 e. The van der Waals surface area contributed by atoms with Crippen LogP contribution >= 0.6 is 0 Å². The van der Waals surface area contributed by atoms with Gasteiger partial charge in [-0.15, -0.1) is 0 Å². The summed E-state index contributed by atoms with van der Waals surface area (Å²) in [5.74, 6) is -0.881. The van der Waals surface area contributed by atoms with Gasteiger partial charge >= 0.3 is 5.97 Å². The second kappa shape index (κ2) is 5.98. The maximum Gasteiger partial charge on any atom is 0.332 e. The third kappa shape index (κ3) is 3.31. The first-order valence-electron chi connectivity index (χ1n) is 6.21. The number of hydrogen-bond donors (Lipinski definition) is 1. The van der Waals surface area contributed by atoms with Crippen molar-refractivity contribution in [1.29, 1.82) is 0 Å². The number of carboxylic acid groups (broad SMARTS) is 1. The third-order valence-corrected chi connectivity index (χ3v) is 3.18. The summed E-state index contributed by atoms with van der Waals surface area (Å²) in [6, 6.07) is 9.94. The molecule has 0 aromatic heterocycles. The van der Waals surface area contributed by atoms with Crippen molar-refractivity contribution in [3.63, 3.8) is 0 Å². The summed E-state index contributed by atoms with van der Waals surface area (Å²) in [6.07, 6.45) is 0.559. The predicted molar refractivity (Wildman–Crippen MR) is 66.3 cm³/mol. The van der Waals surface area contributed by atoms with E-state index in [1.54, 1.807) is 0 Å². The fraction of sp³-hybridized carbons (Fsp3) is 0.500. The Morgan fingerprint density at radius 2 is 2.17 bits per heavy atom. The van der Waals surface area contributed by atoms with Crippen molar-refractivity contribution in [2.75, 3.05) is 6.61 Å². The van der Waals surface area contributed by atoms with E-state index in [0.29, 0.717) is 13.0 Å². The Bertz CT molecular complexity index is 390. The summed E-state index contributed by atoms with van der Waals surface area (Å²) in [7, 11) is 0. The Morgan fingerprint density at radius 1 is 1.44 bits per heavy atom. The van der Waals surface area contributed by atoms with Gasteiger partial charge in [0.1, 0.15) is 0 Å². The Morgan fingerprint density at radius 3 is 2.78 bits per heavy atom. The molecule has 0 saturated carbocycles. The molecule has 3 atom stereocenters. The number of benzene rings is 1. The van der Waals surface area contributed by atoms with Crippen LogP contribution in [0.1, 0.15) is 31.4 Å². The molecule has 0 amide bonds. The van der Waals surface area contributed by atoms with Crippen LogP contribution in [0.5, 0.6) is 0 Å². The van der Waals surface area contributed by atoms with Gasteiger partial charge in [-0.05, 0) is 25.3 Å². The highest BCUT2D eigenvalue weighted by Crippen LogP contribution is 2.23. The average Bonchev–Trinajstić information content (AvgIpc) is 2.86. The normalized spacial score (nSPS) is 24.9. The van der Waals surface area contributed by atoms with Gasteiger partial charge in [0.25, 0.3) is 0 Å². The first-order valence-corrected chi connectivity index (χ1v) is 6.21. The number of rotatable bonds is 5. The number of ether oxygens (including phenoxy) is 2. The largest absolute Gasteiger partial charge is 0.479 e. The molecule has 1 aliphatic rings. The fourth-order valence-electron chi connectivity index (χ4n) is 2.08. The highest BCUT2D eigenvalue weighted by atomic mass is 16.6. The molecule has 1 heterocycles. The van der Waals surface area contributed by atoms with Crippen LogP contribution < -0.4 is 0 Å². The molecule has 1 aromatic carbocycles. The molecule has 4 heteroatoms. The van der Waals surface area contributed by atoms with E-state index in [1.165, 1.54) is 0 Å². The SMILES string of the molecule is CC(OCC1CCC(C(=O)O)O1)c1ccccc1. The van der Waals surface area contributed by atoms with E-state index in [4.69, 9.17) is 14.6 Å². The maximum absolute atomic E-state index is 10.7. The lowest BCUT2D eigenvalue weighted by Crippen LogP contribution is -2.23. The first kappa shape index (κ1) is 13.1. The molecule has 3 unspecified atom stereocenters. The number of carboxylic acids is 1. The number of carbonyl (C=O) groups is 1. The summed E-state index contributed by atoms with van der Waals surface area (Å²) in [5, 5.41) is 8.82. The summed E-state index contributed by atoms with van der Waals surface area (Å²) < 4.78 is 11.1. The van der Waals surface area contributed by atoms with Crippen molar-refractivity contribution in [2.45, 2.75) is 38.1 Å². The van der Waals surface area contributed by atoms with E-state index in [0.717, 1.165) is 12.0 Å². The molecule has 0 bridgehead atoms. The summed E-state index contributed by atoms with van der Waals surface area (Å²) in [5.41, 5.74) is 1.12. The minimum atomic E-state index is -0.881. The van der Waals surface area contributed by atoms with Crippen LogP contribution in [0.15, 0.2) is 30.3 Å². The summed E-state index contributed by atoms with van der Waals surface area (Å²) >= 11 is 0. The molecule has 1 N–H and O–H groups in total. The van der Waals surface area contributed by atoms with Crippen molar-refractivity contribution < 1.29 is 19.4 Å². The predicted octanol–water partition coefficient (Wildman–Crippen LogP) is 2.40. The topological polar surface area (TPSA) is 55.8 Å². The van der Waals surface area contributed by atoms with Crippen LogP contribution in [0.3, 0.4) is 0 Å². The smallest absolute Gasteiger partial charge is 0.332 e. The van der Waals surface area contributed by atoms with Gasteiger partial charge in [-0.2, -0.15) is 0 Å². The molecule has 2 rings (SSSR count). The van der Waals surface area contributed by atoms with Crippen molar-refractivity contribution in [1.82, 2.24) is 0 Å². The van der Waals surface area contributed by atoms with Crippen LogP contribution in [0.4, 0.5) is 0 Å². The maximum atomic E-state index is 10.7. The van der Waals surface area contributed by atoms with Gasteiger partial charge in [0, 0.05) is 0 Å². The summed E-state index contributed by atoms with van der Waals surface area (Å²) in [4.78, 5) is 10.7. The zero-order valence-corrected chi connectivity index (χ0v) is 10.4. The Hall–Kier alpha value is -1.39. The molecule has 1 aromatic rings. The van der Waals surface area contributed by atoms with Crippen molar-refractivity contribution in [3.05, 3.63) is 35.9 Å². The highest BCUT2D eigenvalue weighted by Gasteiger charge is 2.30. The molecule has 0 radical (unpaired) electrons. The molecule has 98 valence electrons. The lowest BCUT2D eigenvalue weighted by molar-refractivity contribution is -0.151. The van der Waals surface area contributed by atoms with E-state index in [9.17, 15) is 4.79 Å². The highest BCUT2D eigenvalue weighted by molar-refractivity contribution is 5.72. The third-order valence-electron chi connectivity index (χ3n) is 3.18. The second-order valence-corrected chi connectivity index (χ2v) is 4.55. The van der Waals surface area contributed by atoms with Crippen molar-refractivity contribution in [3.8, 4) is 0 Å². The van der Waals surface area contributed by atoms with Crippen LogP contribution in [0, 0.1) is 0 Å². The molecular weight excluding hydrogens is 232 g/mol. The Balaban J connectivity index is 1.77. The molecule has 0 spiro atoms. The monoisotopic (exact) mass is 250 g/mol. The van der Waals surface area contributed by atoms with Gasteiger partial charge in [-0.25, -0.2) is 4.79 Å². The first-order chi connectivity index (χ1) is 8.66. The number of hydrogen-bond acceptors (Lipinski definition) is 3. The van der Waals surface area contributed by atoms with Gasteiger partial charge in [-0.3, -0.25) is 0 Å². The van der Waals surface area contributed by atoms with Crippen LogP contribution in [-0.2, 0) is 14.3 Å². The zero-order valence-electron chi connectivity index (χ0n) is 10.4. The molecule has 4 nitrogen and oxygen atoms in total. The van der Waals surface area contributed by atoms with Gasteiger partial charge in [0.05, 0.1) is 18.8 Å². The van der Waals surface area contributed by atoms with Gasteiger partial charge in [0.15, 0.2) is 6.10 Å². The van der Waals surface area contributed by atoms with Crippen molar-refractivity contribution >= 4 is 5.97 Å². The zero-order chi connectivity index (χ0) is 13.0. The van der Waals surface area contributed by atoms with E-state index >= 15 is 0 Å².